The predicted molar refractivity (Wildman–Crippen MR) is 71.3 cm³/mol. The van der Waals surface area contributed by atoms with Crippen molar-refractivity contribution in [3.8, 4) is 11.5 Å². The second-order valence-electron chi connectivity index (χ2n) is 3.51. The summed E-state index contributed by atoms with van der Waals surface area (Å²) in [5.74, 6) is 1.82. The molecule has 1 rings (SSSR count). The van der Waals surface area contributed by atoms with Gasteiger partial charge in [0.15, 0.2) is 0 Å². The lowest BCUT2D eigenvalue weighted by atomic mass is 10.1. The first kappa shape index (κ1) is 13.9. The van der Waals surface area contributed by atoms with Gasteiger partial charge in [-0.05, 0) is 32.0 Å². The number of benzene rings is 1. The van der Waals surface area contributed by atoms with E-state index in [-0.39, 0.29) is 11.5 Å². The van der Waals surface area contributed by atoms with Crippen molar-refractivity contribution in [2.45, 2.75) is 20.3 Å². The molecular formula is C13H18O3S. The van der Waals surface area contributed by atoms with Crippen molar-refractivity contribution in [1.82, 2.24) is 0 Å². The van der Waals surface area contributed by atoms with Gasteiger partial charge in [0.2, 0.25) is 0 Å². The van der Waals surface area contributed by atoms with E-state index in [2.05, 4.69) is 12.6 Å². The summed E-state index contributed by atoms with van der Waals surface area (Å²) >= 11 is 3.98. The second kappa shape index (κ2) is 7.22. The molecule has 0 N–H and O–H groups in total. The van der Waals surface area contributed by atoms with Crippen LogP contribution >= 0.6 is 12.6 Å². The zero-order chi connectivity index (χ0) is 12.7. The molecule has 0 unspecified atom stereocenters. The number of thiol groups is 1. The number of carbonyl (C=O) groups is 1. The molecular weight excluding hydrogens is 236 g/mol. The normalized spacial score (nSPS) is 10.1. The lowest BCUT2D eigenvalue weighted by Crippen LogP contribution is -2.07. The van der Waals surface area contributed by atoms with Crippen LogP contribution in [0.1, 0.15) is 19.4 Å². The fourth-order valence-electron chi connectivity index (χ4n) is 1.52. The summed E-state index contributed by atoms with van der Waals surface area (Å²) in [6.45, 7) is 5.03. The minimum Gasteiger partial charge on any atom is -0.494 e. The van der Waals surface area contributed by atoms with E-state index in [4.69, 9.17) is 9.47 Å². The van der Waals surface area contributed by atoms with Gasteiger partial charge < -0.3 is 9.47 Å². The molecule has 0 amide bonds. The third-order valence-electron chi connectivity index (χ3n) is 2.21. The van der Waals surface area contributed by atoms with Crippen molar-refractivity contribution in [3.05, 3.63) is 23.8 Å². The SMILES string of the molecule is CCOc1ccc(OCC)c(CC(=O)CS)c1. The standard InChI is InChI=1S/C13H18O3S/c1-3-15-12-5-6-13(16-4-2)10(8-12)7-11(14)9-17/h5-6,8,17H,3-4,7,9H2,1-2H3. The van der Waals surface area contributed by atoms with Crippen molar-refractivity contribution in [1.29, 1.82) is 0 Å². The molecule has 0 fully saturated rings. The third-order valence-corrected chi connectivity index (χ3v) is 2.56. The Morgan fingerprint density at radius 3 is 2.53 bits per heavy atom. The van der Waals surface area contributed by atoms with Crippen molar-refractivity contribution >= 4 is 18.4 Å². The number of carbonyl (C=O) groups excluding carboxylic acids is 1. The van der Waals surface area contributed by atoms with Crippen LogP contribution in [0.3, 0.4) is 0 Å². The Balaban J connectivity index is 2.93. The summed E-state index contributed by atoms with van der Waals surface area (Å²) in [6.07, 6.45) is 0.333. The summed E-state index contributed by atoms with van der Waals surface area (Å²) in [7, 11) is 0. The highest BCUT2D eigenvalue weighted by Crippen LogP contribution is 2.25. The third kappa shape index (κ3) is 4.30. The largest absolute Gasteiger partial charge is 0.494 e. The number of rotatable bonds is 7. The molecule has 3 nitrogen and oxygen atoms in total. The van der Waals surface area contributed by atoms with E-state index in [0.717, 1.165) is 17.1 Å². The first-order valence-electron chi connectivity index (χ1n) is 5.72. The summed E-state index contributed by atoms with van der Waals surface area (Å²) in [6, 6.07) is 5.55. The van der Waals surface area contributed by atoms with Crippen LogP contribution in [0.2, 0.25) is 0 Å². The summed E-state index contributed by atoms with van der Waals surface area (Å²) in [5.41, 5.74) is 0.858. The molecule has 0 radical (unpaired) electrons. The minimum atomic E-state index is 0.0722. The summed E-state index contributed by atoms with van der Waals surface area (Å²) in [5, 5.41) is 0. The number of ketones is 1. The van der Waals surface area contributed by atoms with Gasteiger partial charge in [-0.15, -0.1) is 0 Å². The first-order valence-corrected chi connectivity index (χ1v) is 6.35. The Bertz CT molecular complexity index is 377. The number of hydrogen-bond donors (Lipinski definition) is 1. The molecule has 17 heavy (non-hydrogen) atoms. The van der Waals surface area contributed by atoms with Gasteiger partial charge in [0.1, 0.15) is 17.3 Å². The van der Waals surface area contributed by atoms with E-state index >= 15 is 0 Å². The van der Waals surface area contributed by atoms with Gasteiger partial charge in [0.05, 0.1) is 13.2 Å². The smallest absolute Gasteiger partial charge is 0.146 e. The molecule has 0 saturated heterocycles. The van der Waals surface area contributed by atoms with E-state index < -0.39 is 0 Å². The van der Waals surface area contributed by atoms with Gasteiger partial charge in [-0.25, -0.2) is 0 Å². The molecule has 1 aromatic rings. The quantitative estimate of drug-likeness (QED) is 0.759. The fourth-order valence-corrected chi connectivity index (χ4v) is 1.63. The highest BCUT2D eigenvalue weighted by molar-refractivity contribution is 7.81. The van der Waals surface area contributed by atoms with Gasteiger partial charge in [-0.2, -0.15) is 12.6 Å². The Hall–Kier alpha value is -1.16. The Morgan fingerprint density at radius 2 is 1.94 bits per heavy atom. The molecule has 4 heteroatoms. The van der Waals surface area contributed by atoms with Gasteiger partial charge >= 0.3 is 0 Å². The Labute approximate surface area is 108 Å². The van der Waals surface area contributed by atoms with Crippen LogP contribution in [-0.2, 0) is 11.2 Å². The second-order valence-corrected chi connectivity index (χ2v) is 3.83. The number of Topliss-reactive ketones (excluding diaryl/α,β-unsaturated/α-hetero) is 1. The van der Waals surface area contributed by atoms with Crippen molar-refractivity contribution in [2.24, 2.45) is 0 Å². The van der Waals surface area contributed by atoms with Gasteiger partial charge in [0.25, 0.3) is 0 Å². The van der Waals surface area contributed by atoms with Crippen LogP contribution < -0.4 is 9.47 Å². The molecule has 0 aliphatic heterocycles. The lowest BCUT2D eigenvalue weighted by Gasteiger charge is -2.11. The highest BCUT2D eigenvalue weighted by atomic mass is 32.1. The van der Waals surface area contributed by atoms with Crippen LogP contribution in [0, 0.1) is 0 Å². The van der Waals surface area contributed by atoms with Crippen LogP contribution in [0.4, 0.5) is 0 Å². The van der Waals surface area contributed by atoms with Crippen LogP contribution in [-0.4, -0.2) is 24.7 Å². The van der Waals surface area contributed by atoms with Crippen molar-refractivity contribution in [3.63, 3.8) is 0 Å². The van der Waals surface area contributed by atoms with E-state index in [1.165, 1.54) is 0 Å². The molecule has 0 atom stereocenters. The zero-order valence-corrected chi connectivity index (χ0v) is 11.1. The molecule has 0 bridgehead atoms. The Kier molecular flexibility index (Phi) is 5.91. The maximum absolute atomic E-state index is 11.4. The topological polar surface area (TPSA) is 35.5 Å². The van der Waals surface area contributed by atoms with E-state index in [9.17, 15) is 4.79 Å². The van der Waals surface area contributed by atoms with Crippen molar-refractivity contribution < 1.29 is 14.3 Å². The van der Waals surface area contributed by atoms with Crippen molar-refractivity contribution in [2.75, 3.05) is 19.0 Å². The highest BCUT2D eigenvalue weighted by Gasteiger charge is 2.09. The monoisotopic (exact) mass is 254 g/mol. The van der Waals surface area contributed by atoms with E-state index in [0.29, 0.717) is 19.6 Å². The minimum absolute atomic E-state index is 0.0722. The maximum atomic E-state index is 11.4. The maximum Gasteiger partial charge on any atom is 0.146 e. The molecule has 0 aliphatic rings. The van der Waals surface area contributed by atoms with E-state index in [1.807, 2.05) is 32.0 Å². The summed E-state index contributed by atoms with van der Waals surface area (Å²) < 4.78 is 10.9. The zero-order valence-electron chi connectivity index (χ0n) is 10.2. The molecule has 0 spiro atoms. The van der Waals surface area contributed by atoms with Crippen LogP contribution in [0.15, 0.2) is 18.2 Å². The molecule has 0 aromatic heterocycles. The number of hydrogen-bond acceptors (Lipinski definition) is 4. The van der Waals surface area contributed by atoms with E-state index in [1.54, 1.807) is 0 Å². The molecule has 0 heterocycles. The van der Waals surface area contributed by atoms with Gasteiger partial charge in [0, 0.05) is 17.7 Å². The molecule has 94 valence electrons. The number of ether oxygens (including phenoxy) is 2. The predicted octanol–water partition coefficient (Wildman–Crippen LogP) is 2.53. The molecule has 0 aliphatic carbocycles. The van der Waals surface area contributed by atoms with Gasteiger partial charge in [-0.3, -0.25) is 4.79 Å². The lowest BCUT2D eigenvalue weighted by molar-refractivity contribution is -0.116. The molecule has 1 aromatic carbocycles. The average Bonchev–Trinajstić information content (AvgIpc) is 2.33. The Morgan fingerprint density at radius 1 is 1.24 bits per heavy atom. The van der Waals surface area contributed by atoms with Gasteiger partial charge in [-0.1, -0.05) is 0 Å². The average molecular weight is 254 g/mol. The fraction of sp³-hybridized carbons (Fsp3) is 0.462. The summed E-state index contributed by atoms with van der Waals surface area (Å²) in [4.78, 5) is 11.4. The van der Waals surface area contributed by atoms with Crippen LogP contribution in [0.5, 0.6) is 11.5 Å². The molecule has 0 saturated carbocycles. The first-order chi connectivity index (χ1) is 8.21. The van der Waals surface area contributed by atoms with Crippen LogP contribution in [0.25, 0.3) is 0 Å².